The van der Waals surface area contributed by atoms with Crippen molar-refractivity contribution in [1.29, 1.82) is 0 Å². The first kappa shape index (κ1) is 8.99. The van der Waals surface area contributed by atoms with E-state index < -0.39 is 17.5 Å². The summed E-state index contributed by atoms with van der Waals surface area (Å²) in [5.41, 5.74) is 4.75. The first-order valence-corrected chi connectivity index (χ1v) is 3.37. The minimum atomic E-state index is -1.26. The van der Waals surface area contributed by atoms with Crippen molar-refractivity contribution < 1.29 is 13.2 Å². The van der Waals surface area contributed by atoms with Crippen molar-refractivity contribution in [2.24, 2.45) is 5.73 Å². The Morgan fingerprint density at radius 1 is 1.08 bits per heavy atom. The summed E-state index contributed by atoms with van der Waals surface area (Å²) < 4.78 is 37.5. The third-order valence-electron chi connectivity index (χ3n) is 1.28. The standard InChI is InChI=1S/C7H4F3NS/c8-4-2-6(10)5(9)1-3(4)7(11)12/h1-2H,(H2,11,12). The number of benzene rings is 1. The molecule has 1 nitrogen and oxygen atoms in total. The van der Waals surface area contributed by atoms with E-state index in [-0.39, 0.29) is 10.6 Å². The highest BCUT2D eigenvalue weighted by atomic mass is 32.1. The van der Waals surface area contributed by atoms with Gasteiger partial charge in [-0.1, -0.05) is 12.2 Å². The highest BCUT2D eigenvalue weighted by Crippen LogP contribution is 2.13. The number of nitrogens with two attached hydrogens (primary N) is 1. The van der Waals surface area contributed by atoms with Crippen molar-refractivity contribution in [2.75, 3.05) is 0 Å². The molecule has 0 aliphatic heterocycles. The van der Waals surface area contributed by atoms with Gasteiger partial charge in [-0.3, -0.25) is 0 Å². The van der Waals surface area contributed by atoms with Crippen molar-refractivity contribution in [3.8, 4) is 0 Å². The molecule has 5 heteroatoms. The number of hydrogen-bond acceptors (Lipinski definition) is 1. The van der Waals surface area contributed by atoms with E-state index in [0.29, 0.717) is 12.1 Å². The van der Waals surface area contributed by atoms with Gasteiger partial charge < -0.3 is 5.73 Å². The van der Waals surface area contributed by atoms with Gasteiger partial charge in [0.25, 0.3) is 0 Å². The second kappa shape index (κ2) is 3.10. The third kappa shape index (κ3) is 1.55. The molecule has 1 aromatic carbocycles. The molecule has 0 aliphatic carbocycles. The molecular formula is C7H4F3NS. The van der Waals surface area contributed by atoms with Crippen molar-refractivity contribution in [1.82, 2.24) is 0 Å². The highest BCUT2D eigenvalue weighted by molar-refractivity contribution is 7.80. The van der Waals surface area contributed by atoms with E-state index in [4.69, 9.17) is 5.73 Å². The molecule has 0 bridgehead atoms. The predicted octanol–water partition coefficient (Wildman–Crippen LogP) is 1.74. The zero-order valence-corrected chi connectivity index (χ0v) is 6.59. The van der Waals surface area contributed by atoms with Gasteiger partial charge in [0.05, 0.1) is 0 Å². The molecule has 0 heterocycles. The molecule has 0 spiro atoms. The molecule has 0 radical (unpaired) electrons. The lowest BCUT2D eigenvalue weighted by atomic mass is 10.2. The van der Waals surface area contributed by atoms with Crippen LogP contribution < -0.4 is 5.73 Å². The first-order valence-electron chi connectivity index (χ1n) is 2.96. The van der Waals surface area contributed by atoms with Crippen LogP contribution in [0.2, 0.25) is 0 Å². The fourth-order valence-electron chi connectivity index (χ4n) is 0.711. The number of thiocarbonyl (C=S) groups is 1. The average molecular weight is 191 g/mol. The lowest BCUT2D eigenvalue weighted by molar-refractivity contribution is 0.494. The van der Waals surface area contributed by atoms with Gasteiger partial charge >= 0.3 is 0 Å². The molecule has 1 aromatic rings. The van der Waals surface area contributed by atoms with Crippen LogP contribution in [0.3, 0.4) is 0 Å². The molecule has 1 rings (SSSR count). The van der Waals surface area contributed by atoms with Crippen LogP contribution in [-0.2, 0) is 0 Å². The molecule has 0 aliphatic rings. The van der Waals surface area contributed by atoms with Gasteiger partial charge in [-0.15, -0.1) is 0 Å². The molecule has 0 unspecified atom stereocenters. The lowest BCUT2D eigenvalue weighted by Gasteiger charge is -2.00. The maximum Gasteiger partial charge on any atom is 0.161 e. The summed E-state index contributed by atoms with van der Waals surface area (Å²) in [6.45, 7) is 0. The summed E-state index contributed by atoms with van der Waals surface area (Å²) in [5.74, 6) is -3.38. The van der Waals surface area contributed by atoms with Gasteiger partial charge in [0.15, 0.2) is 11.6 Å². The average Bonchev–Trinajstić information content (AvgIpc) is 1.96. The van der Waals surface area contributed by atoms with Gasteiger partial charge in [0.2, 0.25) is 0 Å². The topological polar surface area (TPSA) is 26.0 Å². The van der Waals surface area contributed by atoms with Gasteiger partial charge in [0, 0.05) is 11.6 Å². The molecule has 64 valence electrons. The van der Waals surface area contributed by atoms with Crippen molar-refractivity contribution in [3.63, 3.8) is 0 Å². The Kier molecular flexibility index (Phi) is 2.32. The zero-order valence-electron chi connectivity index (χ0n) is 5.77. The Balaban J connectivity index is 3.33. The quantitative estimate of drug-likeness (QED) is 0.540. The largest absolute Gasteiger partial charge is 0.389 e. The number of hydrogen-bond donors (Lipinski definition) is 1. The van der Waals surface area contributed by atoms with E-state index in [1.54, 1.807) is 0 Å². The molecular weight excluding hydrogens is 187 g/mol. The van der Waals surface area contributed by atoms with E-state index in [2.05, 4.69) is 12.2 Å². The van der Waals surface area contributed by atoms with E-state index in [1.807, 2.05) is 0 Å². The number of rotatable bonds is 1. The summed E-state index contributed by atoms with van der Waals surface area (Å²) in [5, 5.41) is 0. The van der Waals surface area contributed by atoms with Gasteiger partial charge in [-0.05, 0) is 6.07 Å². The zero-order chi connectivity index (χ0) is 9.30. The summed E-state index contributed by atoms with van der Waals surface area (Å²) >= 11 is 4.40. The molecule has 0 atom stereocenters. The van der Waals surface area contributed by atoms with E-state index in [0.717, 1.165) is 0 Å². The first-order chi connectivity index (χ1) is 5.52. The minimum absolute atomic E-state index is 0.288. The predicted molar refractivity (Wildman–Crippen MR) is 42.2 cm³/mol. The van der Waals surface area contributed by atoms with Crippen molar-refractivity contribution >= 4 is 17.2 Å². The molecule has 0 amide bonds. The molecule has 0 saturated carbocycles. The van der Waals surface area contributed by atoms with Crippen LogP contribution in [0, 0.1) is 17.5 Å². The lowest BCUT2D eigenvalue weighted by Crippen LogP contribution is -2.12. The maximum absolute atomic E-state index is 12.7. The second-order valence-electron chi connectivity index (χ2n) is 2.11. The Bertz CT molecular complexity index is 338. The van der Waals surface area contributed by atoms with Crippen molar-refractivity contribution in [2.45, 2.75) is 0 Å². The molecule has 12 heavy (non-hydrogen) atoms. The molecule has 0 aromatic heterocycles. The van der Waals surface area contributed by atoms with Crippen LogP contribution in [0.25, 0.3) is 0 Å². The smallest absolute Gasteiger partial charge is 0.161 e. The van der Waals surface area contributed by atoms with Crippen LogP contribution in [0.4, 0.5) is 13.2 Å². The van der Waals surface area contributed by atoms with Gasteiger partial charge in [-0.25, -0.2) is 13.2 Å². The number of halogens is 3. The molecule has 0 fully saturated rings. The Morgan fingerprint density at radius 3 is 2.08 bits per heavy atom. The fourth-order valence-corrected chi connectivity index (χ4v) is 0.868. The van der Waals surface area contributed by atoms with Crippen LogP contribution in [0.5, 0.6) is 0 Å². The van der Waals surface area contributed by atoms with Crippen LogP contribution in [0.15, 0.2) is 12.1 Å². The van der Waals surface area contributed by atoms with Crippen LogP contribution in [-0.4, -0.2) is 4.99 Å². The Hall–Kier alpha value is -1.10. The molecule has 0 saturated heterocycles. The SMILES string of the molecule is NC(=S)c1cc(F)c(F)cc1F. The van der Waals surface area contributed by atoms with Crippen LogP contribution in [0.1, 0.15) is 5.56 Å². The minimum Gasteiger partial charge on any atom is -0.389 e. The monoisotopic (exact) mass is 191 g/mol. The summed E-state index contributed by atoms with van der Waals surface area (Å²) in [4.78, 5) is -0.300. The Labute approximate surface area is 72.0 Å². The van der Waals surface area contributed by atoms with Gasteiger partial charge in [0.1, 0.15) is 10.8 Å². The molecule has 2 N–H and O–H groups in total. The summed E-state index contributed by atoms with van der Waals surface area (Å²) in [7, 11) is 0. The highest BCUT2D eigenvalue weighted by Gasteiger charge is 2.10. The van der Waals surface area contributed by atoms with E-state index in [9.17, 15) is 13.2 Å². The van der Waals surface area contributed by atoms with E-state index >= 15 is 0 Å². The maximum atomic E-state index is 12.7. The third-order valence-corrected chi connectivity index (χ3v) is 1.50. The normalized spacial score (nSPS) is 9.92. The van der Waals surface area contributed by atoms with Crippen molar-refractivity contribution in [3.05, 3.63) is 35.1 Å². The van der Waals surface area contributed by atoms with Crippen LogP contribution >= 0.6 is 12.2 Å². The van der Waals surface area contributed by atoms with Gasteiger partial charge in [-0.2, -0.15) is 0 Å². The fraction of sp³-hybridized carbons (Fsp3) is 0. The summed E-state index contributed by atoms with van der Waals surface area (Å²) in [6, 6.07) is 1.04. The second-order valence-corrected chi connectivity index (χ2v) is 2.55. The van der Waals surface area contributed by atoms with E-state index in [1.165, 1.54) is 0 Å². The summed E-state index contributed by atoms with van der Waals surface area (Å²) in [6.07, 6.45) is 0. The Morgan fingerprint density at radius 2 is 1.58 bits per heavy atom.